The highest BCUT2D eigenvalue weighted by atomic mass is 35.5. The van der Waals surface area contributed by atoms with E-state index in [0.29, 0.717) is 10.8 Å². The van der Waals surface area contributed by atoms with Crippen molar-refractivity contribution in [3.63, 3.8) is 0 Å². The Bertz CT molecular complexity index is 567. The van der Waals surface area contributed by atoms with Gasteiger partial charge in [0.1, 0.15) is 0 Å². The summed E-state index contributed by atoms with van der Waals surface area (Å²) in [4.78, 5) is 0.404. The lowest BCUT2D eigenvalue weighted by Gasteiger charge is -2.30. The van der Waals surface area contributed by atoms with Crippen LogP contribution in [0.25, 0.3) is 0 Å². The highest BCUT2D eigenvalue weighted by Crippen LogP contribution is 2.21. The molecular formula is C17H29ClN2O2S. The number of sulfonamides is 1. The van der Waals surface area contributed by atoms with E-state index >= 15 is 0 Å². The molecular weight excluding hydrogens is 332 g/mol. The topological polar surface area (TPSA) is 49.4 Å². The van der Waals surface area contributed by atoms with Crippen molar-refractivity contribution in [1.29, 1.82) is 0 Å². The lowest BCUT2D eigenvalue weighted by atomic mass is 10.0. The van der Waals surface area contributed by atoms with Crippen molar-refractivity contribution in [1.82, 2.24) is 9.62 Å². The fraction of sp³-hybridized carbons (Fsp3) is 0.647. The molecule has 1 aliphatic heterocycles. The van der Waals surface area contributed by atoms with E-state index in [1.807, 2.05) is 12.1 Å². The number of piperidine rings is 1. The van der Waals surface area contributed by atoms with Crippen molar-refractivity contribution < 1.29 is 8.42 Å². The molecule has 4 nitrogen and oxygen atoms in total. The van der Waals surface area contributed by atoms with Crippen LogP contribution in [0.2, 0.25) is 0 Å². The van der Waals surface area contributed by atoms with E-state index in [-0.39, 0.29) is 18.4 Å². The first-order valence-corrected chi connectivity index (χ1v) is 9.63. The van der Waals surface area contributed by atoms with Crippen molar-refractivity contribution in [2.75, 3.05) is 20.1 Å². The molecule has 23 heavy (non-hydrogen) atoms. The summed E-state index contributed by atoms with van der Waals surface area (Å²) in [5.41, 5.74) is 1.21. The van der Waals surface area contributed by atoms with Gasteiger partial charge in [-0.2, -0.15) is 4.31 Å². The van der Waals surface area contributed by atoms with Gasteiger partial charge in [-0.3, -0.25) is 0 Å². The van der Waals surface area contributed by atoms with Crippen LogP contribution >= 0.6 is 12.4 Å². The summed E-state index contributed by atoms with van der Waals surface area (Å²) in [5, 5.41) is 3.27. The molecule has 0 spiro atoms. The molecule has 0 saturated carbocycles. The van der Waals surface area contributed by atoms with E-state index in [1.54, 1.807) is 23.5 Å². The number of nitrogens with one attached hydrogen (secondary N) is 1. The molecule has 0 aliphatic carbocycles. The van der Waals surface area contributed by atoms with E-state index in [1.165, 1.54) is 5.56 Å². The van der Waals surface area contributed by atoms with E-state index in [0.717, 1.165) is 38.8 Å². The van der Waals surface area contributed by atoms with Crippen LogP contribution in [0.1, 0.15) is 38.7 Å². The van der Waals surface area contributed by atoms with Gasteiger partial charge in [0, 0.05) is 13.1 Å². The van der Waals surface area contributed by atoms with Crippen LogP contribution in [0.5, 0.6) is 0 Å². The molecule has 0 amide bonds. The van der Waals surface area contributed by atoms with Crippen LogP contribution in [0.15, 0.2) is 29.2 Å². The number of nitrogens with zero attached hydrogens (tertiary/aromatic N) is 1. The largest absolute Gasteiger partial charge is 0.317 e. The molecule has 1 aromatic rings. The van der Waals surface area contributed by atoms with Crippen molar-refractivity contribution in [2.24, 2.45) is 5.92 Å². The summed E-state index contributed by atoms with van der Waals surface area (Å²) in [6.45, 7) is 6.18. The van der Waals surface area contributed by atoms with Crippen LogP contribution in [-0.4, -0.2) is 38.9 Å². The van der Waals surface area contributed by atoms with Crippen LogP contribution in [0, 0.1) is 5.92 Å². The van der Waals surface area contributed by atoms with E-state index in [2.05, 4.69) is 19.2 Å². The van der Waals surface area contributed by atoms with Gasteiger partial charge >= 0.3 is 0 Å². The molecule has 1 N–H and O–H groups in total. The van der Waals surface area contributed by atoms with Gasteiger partial charge in [0.05, 0.1) is 4.90 Å². The van der Waals surface area contributed by atoms with Crippen molar-refractivity contribution in [3.8, 4) is 0 Å². The van der Waals surface area contributed by atoms with Crippen LogP contribution in [0.3, 0.4) is 0 Å². The Kier molecular flexibility index (Phi) is 8.01. The van der Waals surface area contributed by atoms with Gasteiger partial charge in [0.25, 0.3) is 0 Å². The quantitative estimate of drug-likeness (QED) is 0.848. The SMILES string of the molecule is CC(C)CCc1ccc(S(=O)(=O)N(C)C2CCNCC2)cc1.Cl. The summed E-state index contributed by atoms with van der Waals surface area (Å²) in [7, 11) is -1.67. The zero-order chi connectivity index (χ0) is 16.2. The lowest BCUT2D eigenvalue weighted by molar-refractivity contribution is 0.296. The van der Waals surface area contributed by atoms with Crippen LogP contribution < -0.4 is 5.32 Å². The molecule has 1 heterocycles. The maximum Gasteiger partial charge on any atom is 0.243 e. The molecule has 0 aromatic heterocycles. The third-order valence-electron chi connectivity index (χ3n) is 4.43. The highest BCUT2D eigenvalue weighted by Gasteiger charge is 2.28. The molecule has 6 heteroatoms. The van der Waals surface area contributed by atoms with Gasteiger partial charge in [0.2, 0.25) is 10.0 Å². The highest BCUT2D eigenvalue weighted by molar-refractivity contribution is 7.89. The number of halogens is 1. The minimum absolute atomic E-state index is 0. The molecule has 0 unspecified atom stereocenters. The van der Waals surface area contributed by atoms with E-state index in [4.69, 9.17) is 0 Å². The predicted molar refractivity (Wildman–Crippen MR) is 97.7 cm³/mol. The lowest BCUT2D eigenvalue weighted by Crippen LogP contribution is -2.43. The van der Waals surface area contributed by atoms with Crippen LogP contribution in [0.4, 0.5) is 0 Å². The molecule has 1 fully saturated rings. The van der Waals surface area contributed by atoms with Crippen LogP contribution in [-0.2, 0) is 16.4 Å². The second-order valence-corrected chi connectivity index (χ2v) is 8.58. The predicted octanol–water partition coefficient (Wildman–Crippen LogP) is 3.07. The monoisotopic (exact) mass is 360 g/mol. The summed E-state index contributed by atoms with van der Waals surface area (Å²) >= 11 is 0. The number of rotatable bonds is 6. The Hall–Kier alpha value is -0.620. The number of aryl methyl sites for hydroxylation is 1. The second kappa shape index (κ2) is 9.02. The Morgan fingerprint density at radius 2 is 1.74 bits per heavy atom. The number of hydrogen-bond acceptors (Lipinski definition) is 3. The molecule has 1 aromatic carbocycles. The van der Waals surface area contributed by atoms with E-state index < -0.39 is 10.0 Å². The van der Waals surface area contributed by atoms with Gasteiger partial charge in [-0.25, -0.2) is 8.42 Å². The summed E-state index contributed by atoms with van der Waals surface area (Å²) in [5.74, 6) is 0.662. The van der Waals surface area contributed by atoms with Gasteiger partial charge < -0.3 is 5.32 Å². The Morgan fingerprint density at radius 1 is 1.17 bits per heavy atom. The standard InChI is InChI=1S/C17H28N2O2S.ClH/c1-14(2)4-5-15-6-8-17(9-7-15)22(20,21)19(3)16-10-12-18-13-11-16;/h6-9,14,16,18H,4-5,10-13H2,1-3H3;1H. The van der Waals surface area contributed by atoms with Crippen molar-refractivity contribution in [2.45, 2.75) is 50.5 Å². The second-order valence-electron chi connectivity index (χ2n) is 6.58. The number of hydrogen-bond donors (Lipinski definition) is 1. The number of benzene rings is 1. The Balaban J connectivity index is 0.00000264. The Labute approximate surface area is 147 Å². The molecule has 0 bridgehead atoms. The molecule has 1 aliphatic rings. The average Bonchev–Trinajstić information content (AvgIpc) is 2.53. The van der Waals surface area contributed by atoms with E-state index in [9.17, 15) is 8.42 Å². The van der Waals surface area contributed by atoms with Gasteiger partial charge in [-0.05, 0) is 62.4 Å². The summed E-state index contributed by atoms with van der Waals surface area (Å²) < 4.78 is 27.0. The minimum Gasteiger partial charge on any atom is -0.317 e. The zero-order valence-corrected chi connectivity index (χ0v) is 15.9. The maximum absolute atomic E-state index is 12.7. The fourth-order valence-corrected chi connectivity index (χ4v) is 4.23. The average molecular weight is 361 g/mol. The zero-order valence-electron chi connectivity index (χ0n) is 14.3. The smallest absolute Gasteiger partial charge is 0.243 e. The van der Waals surface area contributed by atoms with Crippen molar-refractivity contribution >= 4 is 22.4 Å². The van der Waals surface area contributed by atoms with Crippen molar-refractivity contribution in [3.05, 3.63) is 29.8 Å². The maximum atomic E-state index is 12.7. The minimum atomic E-state index is -3.38. The fourth-order valence-electron chi connectivity index (χ4n) is 2.82. The molecule has 132 valence electrons. The summed E-state index contributed by atoms with van der Waals surface area (Å²) in [6, 6.07) is 7.51. The van der Waals surface area contributed by atoms with Gasteiger partial charge in [-0.1, -0.05) is 26.0 Å². The third-order valence-corrected chi connectivity index (χ3v) is 6.36. The first kappa shape index (κ1) is 20.4. The van der Waals surface area contributed by atoms with Gasteiger partial charge in [-0.15, -0.1) is 12.4 Å². The molecule has 1 saturated heterocycles. The molecule has 0 radical (unpaired) electrons. The first-order chi connectivity index (χ1) is 10.4. The molecule has 2 rings (SSSR count). The normalized spacial score (nSPS) is 16.6. The first-order valence-electron chi connectivity index (χ1n) is 8.19. The third kappa shape index (κ3) is 5.45. The Morgan fingerprint density at radius 3 is 2.26 bits per heavy atom. The summed E-state index contributed by atoms with van der Waals surface area (Å²) in [6.07, 6.45) is 3.88. The molecule has 0 atom stereocenters. The van der Waals surface area contributed by atoms with Gasteiger partial charge in [0.15, 0.2) is 0 Å².